The van der Waals surface area contributed by atoms with Crippen LogP contribution in [0.2, 0.25) is 0 Å². The van der Waals surface area contributed by atoms with Crippen molar-refractivity contribution in [3.05, 3.63) is 47.5 Å². The number of carbonyl (C=O) groups excluding carboxylic acids is 2. The van der Waals surface area contributed by atoms with Crippen molar-refractivity contribution >= 4 is 11.9 Å². The Morgan fingerprint density at radius 1 is 1.31 bits per heavy atom. The molecule has 0 aliphatic heterocycles. The van der Waals surface area contributed by atoms with Crippen LogP contribution in [0.4, 0.5) is 0 Å². The third kappa shape index (κ3) is 5.43. The highest BCUT2D eigenvalue weighted by atomic mass is 16.5. The second kappa shape index (κ2) is 8.76. The first-order valence-corrected chi connectivity index (χ1v) is 10.2. The van der Waals surface area contributed by atoms with E-state index in [1.807, 2.05) is 22.9 Å². The molecule has 0 unspecified atom stereocenters. The van der Waals surface area contributed by atoms with E-state index in [0.717, 1.165) is 24.1 Å². The Hall–Kier alpha value is -2.70. The van der Waals surface area contributed by atoms with Crippen molar-refractivity contribution < 1.29 is 14.3 Å². The quantitative estimate of drug-likeness (QED) is 0.636. The summed E-state index contributed by atoms with van der Waals surface area (Å²) in [4.78, 5) is 31.0. The molecule has 0 radical (unpaired) electrons. The van der Waals surface area contributed by atoms with Crippen molar-refractivity contribution in [2.75, 3.05) is 13.2 Å². The monoisotopic (exact) mass is 398 g/mol. The molecule has 7 nitrogen and oxygen atoms in total. The number of hydrogen-bond donors (Lipinski definition) is 0. The van der Waals surface area contributed by atoms with Gasteiger partial charge < -0.3 is 9.64 Å². The standard InChI is InChI=1S/C22H30N4O3/c1-5-29-20(27)10-12-25(15-16-7-6-11-23-14-16)21(28)18-13-19(17-8-9-17)26(24-18)22(2,3)4/h6-7,11,13-14,17H,5,8-10,12,15H2,1-4H3. The molecule has 0 atom stereocenters. The molecule has 2 heterocycles. The molecule has 156 valence electrons. The van der Waals surface area contributed by atoms with Gasteiger partial charge in [-0.1, -0.05) is 6.07 Å². The molecular formula is C22H30N4O3. The number of amides is 1. The van der Waals surface area contributed by atoms with E-state index in [0.29, 0.717) is 24.8 Å². The lowest BCUT2D eigenvalue weighted by Gasteiger charge is -2.23. The van der Waals surface area contributed by atoms with Gasteiger partial charge in [-0.25, -0.2) is 0 Å². The van der Waals surface area contributed by atoms with Crippen molar-refractivity contribution in [2.45, 2.75) is 65.0 Å². The summed E-state index contributed by atoms with van der Waals surface area (Å²) in [5, 5.41) is 4.66. The summed E-state index contributed by atoms with van der Waals surface area (Å²) in [5.74, 6) is -0.00647. The number of hydrogen-bond acceptors (Lipinski definition) is 5. The first-order valence-electron chi connectivity index (χ1n) is 10.2. The number of aromatic nitrogens is 3. The molecule has 2 aromatic rings. The maximum absolute atomic E-state index is 13.3. The van der Waals surface area contributed by atoms with Gasteiger partial charge in [-0.2, -0.15) is 5.10 Å². The second-order valence-corrected chi connectivity index (χ2v) is 8.45. The Bertz CT molecular complexity index is 851. The molecule has 0 aromatic carbocycles. The van der Waals surface area contributed by atoms with Crippen LogP contribution in [0.1, 0.15) is 74.6 Å². The van der Waals surface area contributed by atoms with E-state index in [2.05, 4.69) is 30.9 Å². The fourth-order valence-electron chi connectivity index (χ4n) is 3.29. The SMILES string of the molecule is CCOC(=O)CCN(Cc1cccnc1)C(=O)c1cc(C2CC2)n(C(C)(C)C)n1. The molecule has 3 rings (SSSR count). The number of carbonyl (C=O) groups is 2. The lowest BCUT2D eigenvalue weighted by Crippen LogP contribution is -2.33. The molecule has 0 spiro atoms. The lowest BCUT2D eigenvalue weighted by molar-refractivity contribution is -0.143. The summed E-state index contributed by atoms with van der Waals surface area (Å²) in [6.07, 6.45) is 5.85. The van der Waals surface area contributed by atoms with Gasteiger partial charge in [0.05, 0.1) is 18.6 Å². The predicted octanol–water partition coefficient (Wildman–Crippen LogP) is 3.51. The van der Waals surface area contributed by atoms with Crippen LogP contribution in [0.15, 0.2) is 30.6 Å². The van der Waals surface area contributed by atoms with Crippen LogP contribution in [-0.2, 0) is 21.6 Å². The Labute approximate surface area is 172 Å². The molecule has 2 aromatic heterocycles. The number of esters is 1. The number of pyridine rings is 1. The minimum absolute atomic E-state index is 0.148. The highest BCUT2D eigenvalue weighted by Gasteiger charge is 2.33. The van der Waals surface area contributed by atoms with Gasteiger partial charge in [0, 0.05) is 37.1 Å². The van der Waals surface area contributed by atoms with Crippen LogP contribution >= 0.6 is 0 Å². The maximum Gasteiger partial charge on any atom is 0.307 e. The molecule has 1 saturated carbocycles. The zero-order valence-electron chi connectivity index (χ0n) is 17.7. The van der Waals surface area contributed by atoms with Crippen LogP contribution in [-0.4, -0.2) is 44.7 Å². The second-order valence-electron chi connectivity index (χ2n) is 8.45. The molecule has 1 amide bonds. The smallest absolute Gasteiger partial charge is 0.307 e. The van der Waals surface area contributed by atoms with Gasteiger partial charge in [0.1, 0.15) is 0 Å². The molecule has 1 aliphatic carbocycles. The summed E-state index contributed by atoms with van der Waals surface area (Å²) in [6.45, 7) is 9.02. The Kier molecular flexibility index (Phi) is 6.35. The number of ether oxygens (including phenoxy) is 1. The van der Waals surface area contributed by atoms with E-state index in [-0.39, 0.29) is 30.4 Å². The third-order valence-corrected chi connectivity index (χ3v) is 4.86. The van der Waals surface area contributed by atoms with E-state index in [9.17, 15) is 9.59 Å². The van der Waals surface area contributed by atoms with E-state index in [4.69, 9.17) is 4.74 Å². The van der Waals surface area contributed by atoms with Crippen LogP contribution in [0, 0.1) is 0 Å². The van der Waals surface area contributed by atoms with Crippen molar-refractivity contribution in [3.8, 4) is 0 Å². The molecular weight excluding hydrogens is 368 g/mol. The first-order chi connectivity index (χ1) is 13.8. The minimum Gasteiger partial charge on any atom is -0.466 e. The summed E-state index contributed by atoms with van der Waals surface area (Å²) in [7, 11) is 0. The van der Waals surface area contributed by atoms with Crippen LogP contribution in [0.5, 0.6) is 0 Å². The zero-order valence-corrected chi connectivity index (χ0v) is 17.7. The topological polar surface area (TPSA) is 77.3 Å². The third-order valence-electron chi connectivity index (χ3n) is 4.86. The summed E-state index contributed by atoms with van der Waals surface area (Å²) >= 11 is 0. The summed E-state index contributed by atoms with van der Waals surface area (Å²) < 4.78 is 7.00. The van der Waals surface area contributed by atoms with Gasteiger partial charge in [0.15, 0.2) is 5.69 Å². The van der Waals surface area contributed by atoms with Gasteiger partial charge in [0.25, 0.3) is 5.91 Å². The van der Waals surface area contributed by atoms with Crippen LogP contribution in [0.3, 0.4) is 0 Å². The maximum atomic E-state index is 13.3. The average molecular weight is 399 g/mol. The van der Waals surface area contributed by atoms with Gasteiger partial charge >= 0.3 is 5.97 Å². The van der Waals surface area contributed by atoms with Gasteiger partial charge in [-0.15, -0.1) is 0 Å². The first kappa shape index (κ1) is 21.0. The normalized spacial score (nSPS) is 13.9. The van der Waals surface area contributed by atoms with Crippen LogP contribution < -0.4 is 0 Å². The summed E-state index contributed by atoms with van der Waals surface area (Å²) in [6, 6.07) is 5.68. The van der Waals surface area contributed by atoms with Gasteiger partial charge in [-0.3, -0.25) is 19.3 Å². The lowest BCUT2D eigenvalue weighted by atomic mass is 10.1. The molecule has 0 bridgehead atoms. The van der Waals surface area contributed by atoms with Gasteiger partial charge in [-0.05, 0) is 58.2 Å². The van der Waals surface area contributed by atoms with E-state index < -0.39 is 0 Å². The van der Waals surface area contributed by atoms with Crippen molar-refractivity contribution in [1.82, 2.24) is 19.7 Å². The van der Waals surface area contributed by atoms with E-state index in [1.54, 1.807) is 24.2 Å². The fraction of sp³-hybridized carbons (Fsp3) is 0.545. The highest BCUT2D eigenvalue weighted by molar-refractivity contribution is 5.92. The molecule has 0 N–H and O–H groups in total. The molecule has 7 heteroatoms. The Balaban J connectivity index is 1.84. The van der Waals surface area contributed by atoms with Crippen molar-refractivity contribution in [3.63, 3.8) is 0 Å². The summed E-state index contributed by atoms with van der Waals surface area (Å²) in [5.41, 5.74) is 2.25. The molecule has 0 saturated heterocycles. The fourth-order valence-corrected chi connectivity index (χ4v) is 3.29. The largest absolute Gasteiger partial charge is 0.466 e. The molecule has 1 fully saturated rings. The molecule has 29 heavy (non-hydrogen) atoms. The minimum atomic E-state index is -0.310. The molecule has 1 aliphatic rings. The predicted molar refractivity (Wildman–Crippen MR) is 109 cm³/mol. The number of rotatable bonds is 8. The zero-order chi connectivity index (χ0) is 21.0. The van der Waals surface area contributed by atoms with E-state index in [1.165, 1.54) is 0 Å². The van der Waals surface area contributed by atoms with Crippen LogP contribution in [0.25, 0.3) is 0 Å². The van der Waals surface area contributed by atoms with E-state index >= 15 is 0 Å². The number of nitrogens with zero attached hydrogens (tertiary/aromatic N) is 4. The highest BCUT2D eigenvalue weighted by Crippen LogP contribution is 2.41. The van der Waals surface area contributed by atoms with Crippen molar-refractivity contribution in [2.24, 2.45) is 0 Å². The Morgan fingerprint density at radius 3 is 2.66 bits per heavy atom. The van der Waals surface area contributed by atoms with Crippen molar-refractivity contribution in [1.29, 1.82) is 0 Å². The van der Waals surface area contributed by atoms with Gasteiger partial charge in [0.2, 0.25) is 0 Å². The average Bonchev–Trinajstić information content (AvgIpc) is 3.42. The Morgan fingerprint density at radius 2 is 2.07 bits per heavy atom.